The summed E-state index contributed by atoms with van der Waals surface area (Å²) < 4.78 is 0. The van der Waals surface area contributed by atoms with Crippen LogP contribution in [0.1, 0.15) is 42.1 Å². The number of H-pyrrole nitrogens is 1. The van der Waals surface area contributed by atoms with Crippen LogP contribution in [0.15, 0.2) is 42.9 Å². The first kappa shape index (κ1) is 21.0. The Bertz CT molecular complexity index is 1020. The molecule has 1 N–H and O–H groups in total. The summed E-state index contributed by atoms with van der Waals surface area (Å²) >= 11 is 0. The Kier molecular flexibility index (Phi) is 6.60. The van der Waals surface area contributed by atoms with Gasteiger partial charge in [-0.3, -0.25) is 9.59 Å². The summed E-state index contributed by atoms with van der Waals surface area (Å²) in [6.45, 7) is 5.20. The summed E-state index contributed by atoms with van der Waals surface area (Å²) in [6, 6.07) is 8.30. The van der Waals surface area contributed by atoms with Gasteiger partial charge in [0, 0.05) is 62.1 Å². The van der Waals surface area contributed by atoms with Crippen LogP contribution in [0.4, 0.5) is 5.95 Å². The van der Waals surface area contributed by atoms with Crippen LogP contribution in [0.25, 0.3) is 10.9 Å². The third kappa shape index (κ3) is 4.93. The van der Waals surface area contributed by atoms with E-state index in [1.165, 1.54) is 10.9 Å². The zero-order valence-corrected chi connectivity index (χ0v) is 18.0. The van der Waals surface area contributed by atoms with Gasteiger partial charge in [0.25, 0.3) is 0 Å². The molecule has 162 valence electrons. The van der Waals surface area contributed by atoms with E-state index in [9.17, 15) is 9.59 Å². The molecular weight excluding hydrogens is 390 g/mol. The lowest BCUT2D eigenvalue weighted by molar-refractivity contribution is -0.131. The van der Waals surface area contributed by atoms with Gasteiger partial charge in [-0.05, 0) is 36.8 Å². The van der Waals surface area contributed by atoms with Gasteiger partial charge in [0.15, 0.2) is 6.29 Å². The molecule has 1 fully saturated rings. The summed E-state index contributed by atoms with van der Waals surface area (Å²) in [6.07, 6.45) is 9.33. The Morgan fingerprint density at radius 2 is 1.97 bits per heavy atom. The predicted octanol–water partition coefficient (Wildman–Crippen LogP) is 3.47. The van der Waals surface area contributed by atoms with Crippen LogP contribution in [0, 0.1) is 5.92 Å². The van der Waals surface area contributed by atoms with E-state index in [4.69, 9.17) is 0 Å². The summed E-state index contributed by atoms with van der Waals surface area (Å²) in [5.41, 5.74) is 2.89. The van der Waals surface area contributed by atoms with Crippen LogP contribution in [0.5, 0.6) is 0 Å². The molecule has 1 amide bonds. The molecule has 3 heterocycles. The Balaban J connectivity index is 1.34. The van der Waals surface area contributed by atoms with Gasteiger partial charge in [-0.1, -0.05) is 25.1 Å². The average molecular weight is 420 g/mol. The highest BCUT2D eigenvalue weighted by Gasteiger charge is 2.24. The molecule has 31 heavy (non-hydrogen) atoms. The molecule has 0 unspecified atom stereocenters. The second-order valence-electron chi connectivity index (χ2n) is 8.17. The van der Waals surface area contributed by atoms with Crippen molar-refractivity contribution < 1.29 is 9.59 Å². The minimum atomic E-state index is 0.218. The maximum Gasteiger partial charge on any atom is 0.225 e. The van der Waals surface area contributed by atoms with Crippen molar-refractivity contribution in [3.05, 3.63) is 54.0 Å². The lowest BCUT2D eigenvalue weighted by Gasteiger charge is -2.35. The topological polar surface area (TPSA) is 82.2 Å². The number of rotatable bonds is 8. The number of benzene rings is 1. The van der Waals surface area contributed by atoms with Gasteiger partial charge in [0.1, 0.15) is 0 Å². The quantitative estimate of drug-likeness (QED) is 0.566. The Morgan fingerprint density at radius 3 is 2.68 bits per heavy atom. The summed E-state index contributed by atoms with van der Waals surface area (Å²) in [7, 11) is 0. The SMILES string of the molecule is CCC(=O)N(CCc1c[nH]c2ccccc12)CC1CCN(c2ncc(C=O)cn2)CC1. The van der Waals surface area contributed by atoms with Crippen molar-refractivity contribution in [2.24, 2.45) is 5.92 Å². The molecule has 2 aromatic heterocycles. The van der Waals surface area contributed by atoms with Crippen molar-refractivity contribution in [1.82, 2.24) is 19.9 Å². The second-order valence-corrected chi connectivity index (χ2v) is 8.17. The first-order chi connectivity index (χ1) is 15.2. The first-order valence-corrected chi connectivity index (χ1v) is 11.0. The highest BCUT2D eigenvalue weighted by Crippen LogP contribution is 2.23. The van der Waals surface area contributed by atoms with E-state index in [1.807, 2.05) is 17.9 Å². The maximum absolute atomic E-state index is 12.6. The summed E-state index contributed by atoms with van der Waals surface area (Å²) in [5, 5.41) is 1.24. The number of nitrogens with one attached hydrogen (secondary N) is 1. The molecule has 0 atom stereocenters. The highest BCUT2D eigenvalue weighted by atomic mass is 16.2. The average Bonchev–Trinajstić information content (AvgIpc) is 3.25. The van der Waals surface area contributed by atoms with Gasteiger partial charge < -0.3 is 14.8 Å². The second kappa shape index (κ2) is 9.73. The molecule has 1 aliphatic rings. The number of aldehydes is 1. The number of nitrogens with zero attached hydrogens (tertiary/aromatic N) is 4. The van der Waals surface area contributed by atoms with E-state index in [0.29, 0.717) is 23.9 Å². The Labute approximate surface area is 182 Å². The fourth-order valence-electron chi connectivity index (χ4n) is 4.32. The van der Waals surface area contributed by atoms with Gasteiger partial charge >= 0.3 is 0 Å². The number of carbonyl (C=O) groups excluding carboxylic acids is 2. The Hall–Kier alpha value is -3.22. The number of amides is 1. The number of fused-ring (bicyclic) bond motifs is 1. The lowest BCUT2D eigenvalue weighted by atomic mass is 9.96. The molecule has 4 rings (SSSR count). The van der Waals surface area contributed by atoms with Crippen molar-refractivity contribution in [2.45, 2.75) is 32.6 Å². The van der Waals surface area contributed by atoms with Crippen LogP contribution in [0.2, 0.25) is 0 Å². The standard InChI is InChI=1S/C24H29N5O2/c1-2-23(31)29(12-9-20-15-25-22-6-4-3-5-21(20)22)16-18-7-10-28(11-8-18)24-26-13-19(17-30)14-27-24/h3-6,13-15,17-18,25H,2,7-12,16H2,1H3. The van der Waals surface area contributed by atoms with Crippen molar-refractivity contribution in [2.75, 3.05) is 31.1 Å². The van der Waals surface area contributed by atoms with E-state index < -0.39 is 0 Å². The molecule has 0 spiro atoms. The van der Waals surface area contributed by atoms with Crippen LogP contribution in [-0.2, 0) is 11.2 Å². The minimum Gasteiger partial charge on any atom is -0.361 e. The third-order valence-corrected chi connectivity index (χ3v) is 6.15. The molecule has 0 saturated carbocycles. The largest absolute Gasteiger partial charge is 0.361 e. The number of aromatic nitrogens is 3. The van der Waals surface area contributed by atoms with Crippen molar-refractivity contribution >= 4 is 29.0 Å². The van der Waals surface area contributed by atoms with Gasteiger partial charge in [0.2, 0.25) is 11.9 Å². The van der Waals surface area contributed by atoms with Crippen LogP contribution in [-0.4, -0.2) is 58.2 Å². The zero-order chi connectivity index (χ0) is 21.6. The number of carbonyl (C=O) groups is 2. The van der Waals surface area contributed by atoms with Crippen LogP contribution < -0.4 is 4.90 Å². The Morgan fingerprint density at radius 1 is 1.23 bits per heavy atom. The van der Waals surface area contributed by atoms with Gasteiger partial charge in [-0.25, -0.2) is 9.97 Å². The van der Waals surface area contributed by atoms with Crippen molar-refractivity contribution in [3.63, 3.8) is 0 Å². The molecule has 7 nitrogen and oxygen atoms in total. The lowest BCUT2D eigenvalue weighted by Crippen LogP contribution is -2.42. The van der Waals surface area contributed by atoms with E-state index in [-0.39, 0.29) is 5.91 Å². The van der Waals surface area contributed by atoms with E-state index in [2.05, 4.69) is 44.2 Å². The molecule has 1 saturated heterocycles. The summed E-state index contributed by atoms with van der Waals surface area (Å²) in [4.78, 5) is 39.5. The molecule has 3 aromatic rings. The van der Waals surface area contributed by atoms with Crippen molar-refractivity contribution in [1.29, 1.82) is 0 Å². The highest BCUT2D eigenvalue weighted by molar-refractivity contribution is 5.83. The molecule has 7 heteroatoms. The monoisotopic (exact) mass is 419 g/mol. The van der Waals surface area contributed by atoms with Gasteiger partial charge in [-0.15, -0.1) is 0 Å². The number of para-hydroxylation sites is 1. The fourth-order valence-corrected chi connectivity index (χ4v) is 4.32. The number of hydrogen-bond donors (Lipinski definition) is 1. The first-order valence-electron chi connectivity index (χ1n) is 11.0. The number of anilines is 1. The predicted molar refractivity (Wildman–Crippen MR) is 121 cm³/mol. The maximum atomic E-state index is 12.6. The number of piperidine rings is 1. The molecule has 1 aromatic carbocycles. The minimum absolute atomic E-state index is 0.218. The molecule has 1 aliphatic heterocycles. The smallest absolute Gasteiger partial charge is 0.225 e. The van der Waals surface area contributed by atoms with Crippen LogP contribution >= 0.6 is 0 Å². The molecule has 0 bridgehead atoms. The van der Waals surface area contributed by atoms with Crippen LogP contribution in [0.3, 0.4) is 0 Å². The van der Waals surface area contributed by atoms with Crippen molar-refractivity contribution in [3.8, 4) is 0 Å². The zero-order valence-electron chi connectivity index (χ0n) is 18.0. The molecule has 0 aliphatic carbocycles. The van der Waals surface area contributed by atoms with E-state index in [1.54, 1.807) is 12.4 Å². The number of hydrogen-bond acceptors (Lipinski definition) is 5. The summed E-state index contributed by atoms with van der Waals surface area (Å²) in [5.74, 6) is 1.36. The third-order valence-electron chi connectivity index (χ3n) is 6.15. The normalized spacial score (nSPS) is 14.7. The van der Waals surface area contributed by atoms with Gasteiger partial charge in [0.05, 0.1) is 5.56 Å². The number of aromatic amines is 1. The van der Waals surface area contributed by atoms with Gasteiger partial charge in [-0.2, -0.15) is 0 Å². The fraction of sp³-hybridized carbons (Fsp3) is 0.417. The molecular formula is C24H29N5O2. The van der Waals surface area contributed by atoms with E-state index in [0.717, 1.165) is 57.2 Å². The molecule has 0 radical (unpaired) electrons. The van der Waals surface area contributed by atoms with E-state index >= 15 is 0 Å².